The molecule has 104 valence electrons. The van der Waals surface area contributed by atoms with E-state index in [0.29, 0.717) is 0 Å². The number of hydrogen-bond donors (Lipinski definition) is 4. The van der Waals surface area contributed by atoms with Gasteiger partial charge in [0.15, 0.2) is 11.9 Å². The molecule has 0 saturated carbocycles. The highest BCUT2D eigenvalue weighted by Gasteiger charge is 2.13. The Morgan fingerprint density at radius 1 is 1.42 bits per heavy atom. The maximum atomic E-state index is 13.4. The van der Waals surface area contributed by atoms with Gasteiger partial charge in [0.25, 0.3) is 0 Å². The highest BCUT2D eigenvalue weighted by Crippen LogP contribution is 2.21. The first-order valence-corrected chi connectivity index (χ1v) is 5.69. The Kier molecular flexibility index (Phi) is 5.53. The standard InChI is InChI=1S/C11H12ClFN2O4/c12-6-2-1-3-7(9(6)13)15-11(19)14-5-4-8(16)10(17)18/h1-3,8,16H,4-5H2,(H,17,18)(H2,14,15,19)/t8-/m0/s1. The van der Waals surface area contributed by atoms with Gasteiger partial charge < -0.3 is 20.8 Å². The summed E-state index contributed by atoms with van der Waals surface area (Å²) in [5, 5.41) is 21.7. The summed E-state index contributed by atoms with van der Waals surface area (Å²) >= 11 is 5.53. The van der Waals surface area contributed by atoms with Crippen LogP contribution in [-0.2, 0) is 4.79 Å². The molecule has 1 aromatic rings. The number of halogens is 2. The summed E-state index contributed by atoms with van der Waals surface area (Å²) in [6, 6.07) is 3.41. The molecule has 0 aliphatic rings. The molecule has 1 rings (SSSR count). The number of aliphatic carboxylic acids is 1. The lowest BCUT2D eigenvalue weighted by molar-refractivity contribution is -0.146. The van der Waals surface area contributed by atoms with Crippen LogP contribution in [0.2, 0.25) is 5.02 Å². The summed E-state index contributed by atoms with van der Waals surface area (Å²) < 4.78 is 13.4. The molecule has 1 atom stereocenters. The van der Waals surface area contributed by atoms with Crippen molar-refractivity contribution in [2.24, 2.45) is 0 Å². The number of urea groups is 1. The lowest BCUT2D eigenvalue weighted by Gasteiger charge is -2.10. The number of carboxylic acids is 1. The molecule has 0 aliphatic carbocycles. The molecule has 4 N–H and O–H groups in total. The summed E-state index contributed by atoms with van der Waals surface area (Å²) in [6.07, 6.45) is -1.70. The number of hydrogen-bond acceptors (Lipinski definition) is 3. The van der Waals surface area contributed by atoms with E-state index in [9.17, 15) is 14.0 Å². The summed E-state index contributed by atoms with van der Waals surface area (Å²) in [5.41, 5.74) is -0.0937. The van der Waals surface area contributed by atoms with Crippen LogP contribution in [0.3, 0.4) is 0 Å². The van der Waals surface area contributed by atoms with Gasteiger partial charge in [-0.05, 0) is 12.1 Å². The predicted molar refractivity (Wildman–Crippen MR) is 66.7 cm³/mol. The minimum atomic E-state index is -1.55. The van der Waals surface area contributed by atoms with E-state index >= 15 is 0 Å². The molecule has 0 fully saturated rings. The number of carbonyl (C=O) groups excluding carboxylic acids is 1. The minimum absolute atomic E-state index is 0.0680. The quantitative estimate of drug-likeness (QED) is 0.659. The highest BCUT2D eigenvalue weighted by molar-refractivity contribution is 6.31. The summed E-state index contributed by atoms with van der Waals surface area (Å²) in [4.78, 5) is 21.7. The van der Waals surface area contributed by atoms with Gasteiger partial charge in [-0.25, -0.2) is 14.0 Å². The Hall–Kier alpha value is -1.86. The summed E-state index contributed by atoms with van der Waals surface area (Å²) in [5.74, 6) is -2.13. The van der Waals surface area contributed by atoms with Gasteiger partial charge in [-0.3, -0.25) is 0 Å². The van der Waals surface area contributed by atoms with Crippen LogP contribution in [0, 0.1) is 5.82 Å². The Morgan fingerprint density at radius 2 is 2.11 bits per heavy atom. The number of amides is 2. The van der Waals surface area contributed by atoms with Gasteiger partial charge in [-0.15, -0.1) is 0 Å². The van der Waals surface area contributed by atoms with Crippen LogP contribution in [0.15, 0.2) is 18.2 Å². The van der Waals surface area contributed by atoms with Crippen LogP contribution < -0.4 is 10.6 Å². The van der Waals surface area contributed by atoms with Crippen molar-refractivity contribution in [3.8, 4) is 0 Å². The van der Waals surface area contributed by atoms with Crippen molar-refractivity contribution in [2.45, 2.75) is 12.5 Å². The SMILES string of the molecule is O=C(NCC[C@H](O)C(=O)O)Nc1cccc(Cl)c1F. The van der Waals surface area contributed by atoms with Crippen LogP contribution in [0.1, 0.15) is 6.42 Å². The third-order valence-corrected chi connectivity index (χ3v) is 2.48. The zero-order valence-electron chi connectivity index (χ0n) is 9.69. The third-order valence-electron chi connectivity index (χ3n) is 2.19. The average molecular weight is 291 g/mol. The smallest absolute Gasteiger partial charge is 0.332 e. The second-order valence-electron chi connectivity index (χ2n) is 3.62. The topological polar surface area (TPSA) is 98.7 Å². The molecule has 19 heavy (non-hydrogen) atoms. The second kappa shape index (κ2) is 6.91. The lowest BCUT2D eigenvalue weighted by atomic mass is 10.2. The molecule has 0 unspecified atom stereocenters. The van der Waals surface area contributed by atoms with Gasteiger partial charge in [0.1, 0.15) is 0 Å². The first kappa shape index (κ1) is 15.2. The number of aliphatic hydroxyl groups excluding tert-OH is 1. The van der Waals surface area contributed by atoms with Crippen molar-refractivity contribution in [3.63, 3.8) is 0 Å². The number of aliphatic hydroxyl groups is 1. The molecule has 0 aromatic heterocycles. The van der Waals surface area contributed by atoms with Gasteiger partial charge in [0.05, 0.1) is 10.7 Å². The number of carbonyl (C=O) groups is 2. The molecule has 6 nitrogen and oxygen atoms in total. The first-order chi connectivity index (χ1) is 8.91. The number of carboxylic acid groups (broad SMARTS) is 1. The lowest BCUT2D eigenvalue weighted by Crippen LogP contribution is -2.33. The molecule has 0 radical (unpaired) electrons. The Bertz CT molecular complexity index is 484. The van der Waals surface area contributed by atoms with E-state index in [1.807, 2.05) is 0 Å². The zero-order chi connectivity index (χ0) is 14.4. The van der Waals surface area contributed by atoms with E-state index < -0.39 is 23.9 Å². The fraction of sp³-hybridized carbons (Fsp3) is 0.273. The molecule has 0 aliphatic heterocycles. The number of benzene rings is 1. The van der Waals surface area contributed by atoms with Gasteiger partial charge in [-0.2, -0.15) is 0 Å². The minimum Gasteiger partial charge on any atom is -0.479 e. The van der Waals surface area contributed by atoms with Gasteiger partial charge in [-0.1, -0.05) is 17.7 Å². The van der Waals surface area contributed by atoms with Crippen LogP contribution in [0.4, 0.5) is 14.9 Å². The molecule has 2 amide bonds. The van der Waals surface area contributed by atoms with E-state index in [2.05, 4.69) is 10.6 Å². The van der Waals surface area contributed by atoms with E-state index in [-0.39, 0.29) is 23.7 Å². The Balaban J connectivity index is 2.43. The van der Waals surface area contributed by atoms with E-state index in [4.69, 9.17) is 21.8 Å². The van der Waals surface area contributed by atoms with Crippen molar-refractivity contribution < 1.29 is 24.2 Å². The van der Waals surface area contributed by atoms with Crippen LogP contribution in [0.5, 0.6) is 0 Å². The summed E-state index contributed by atoms with van der Waals surface area (Å²) in [7, 11) is 0. The average Bonchev–Trinajstić information content (AvgIpc) is 2.34. The number of nitrogens with one attached hydrogen (secondary N) is 2. The Labute approximate surface area is 113 Å². The molecule has 0 bridgehead atoms. The van der Waals surface area contributed by atoms with Gasteiger partial charge in [0.2, 0.25) is 0 Å². The maximum Gasteiger partial charge on any atom is 0.332 e. The van der Waals surface area contributed by atoms with E-state index in [1.54, 1.807) is 0 Å². The van der Waals surface area contributed by atoms with Crippen molar-refractivity contribution >= 4 is 29.3 Å². The second-order valence-corrected chi connectivity index (χ2v) is 4.03. The Morgan fingerprint density at radius 3 is 2.74 bits per heavy atom. The molecule has 0 saturated heterocycles. The number of anilines is 1. The third kappa shape index (κ3) is 4.72. The molecule has 8 heteroatoms. The molecule has 1 aromatic carbocycles. The van der Waals surface area contributed by atoms with Crippen LogP contribution in [0.25, 0.3) is 0 Å². The number of rotatable bonds is 5. The first-order valence-electron chi connectivity index (χ1n) is 5.31. The molecular formula is C11H12ClFN2O4. The van der Waals surface area contributed by atoms with Gasteiger partial charge >= 0.3 is 12.0 Å². The normalized spacial score (nSPS) is 11.7. The summed E-state index contributed by atoms with van der Waals surface area (Å²) in [6.45, 7) is -0.0680. The maximum absolute atomic E-state index is 13.4. The van der Waals surface area contributed by atoms with Gasteiger partial charge in [0, 0.05) is 13.0 Å². The van der Waals surface area contributed by atoms with Crippen molar-refractivity contribution in [1.29, 1.82) is 0 Å². The molecular weight excluding hydrogens is 279 g/mol. The molecule has 0 heterocycles. The fourth-order valence-corrected chi connectivity index (χ4v) is 1.39. The largest absolute Gasteiger partial charge is 0.479 e. The molecule has 0 spiro atoms. The highest BCUT2D eigenvalue weighted by atomic mass is 35.5. The fourth-order valence-electron chi connectivity index (χ4n) is 1.21. The van der Waals surface area contributed by atoms with Crippen LogP contribution in [-0.4, -0.2) is 34.9 Å². The van der Waals surface area contributed by atoms with Crippen molar-refractivity contribution in [2.75, 3.05) is 11.9 Å². The monoisotopic (exact) mass is 290 g/mol. The zero-order valence-corrected chi connectivity index (χ0v) is 10.4. The van der Waals surface area contributed by atoms with Crippen LogP contribution >= 0.6 is 11.6 Å². The van der Waals surface area contributed by atoms with Crippen molar-refractivity contribution in [3.05, 3.63) is 29.0 Å². The van der Waals surface area contributed by atoms with Crippen molar-refractivity contribution in [1.82, 2.24) is 5.32 Å². The predicted octanol–water partition coefficient (Wildman–Crippen LogP) is 1.44. The van der Waals surface area contributed by atoms with E-state index in [1.165, 1.54) is 18.2 Å². The van der Waals surface area contributed by atoms with E-state index in [0.717, 1.165) is 0 Å².